The van der Waals surface area contributed by atoms with Crippen LogP contribution in [0.5, 0.6) is 0 Å². The molecule has 68 valence electrons. The molecule has 1 aromatic rings. The minimum absolute atomic E-state index is 1.26. The highest BCUT2D eigenvalue weighted by Gasteiger charge is 2.25. The molecule has 2 aliphatic heterocycles. The second-order valence-electron chi connectivity index (χ2n) is 4.21. The van der Waals surface area contributed by atoms with E-state index in [1.54, 1.807) is 16.8 Å². The number of anilines is 1. The fraction of sp³-hybridized carbons (Fsp3) is 0.500. The summed E-state index contributed by atoms with van der Waals surface area (Å²) < 4.78 is 0. The summed E-state index contributed by atoms with van der Waals surface area (Å²) in [7, 11) is 0. The van der Waals surface area contributed by atoms with E-state index < -0.39 is 0 Å². The summed E-state index contributed by atoms with van der Waals surface area (Å²) in [5.74, 6) is 0. The second kappa shape index (κ2) is 2.50. The SMILES string of the molecule is Cc1ccc2c3c1CCCN3CC2. The Morgan fingerprint density at radius 2 is 2.08 bits per heavy atom. The minimum Gasteiger partial charge on any atom is -0.371 e. The number of aryl methyl sites for hydroxylation is 1. The van der Waals surface area contributed by atoms with Crippen LogP contribution in [0.4, 0.5) is 5.69 Å². The number of benzene rings is 1. The molecule has 0 bridgehead atoms. The molecular weight excluding hydrogens is 158 g/mol. The van der Waals surface area contributed by atoms with Gasteiger partial charge in [-0.1, -0.05) is 12.1 Å². The molecule has 2 heterocycles. The van der Waals surface area contributed by atoms with Gasteiger partial charge in [0.25, 0.3) is 0 Å². The zero-order valence-electron chi connectivity index (χ0n) is 8.14. The van der Waals surface area contributed by atoms with Crippen molar-refractivity contribution >= 4 is 5.69 Å². The number of hydrogen-bond acceptors (Lipinski definition) is 1. The van der Waals surface area contributed by atoms with Crippen molar-refractivity contribution < 1.29 is 0 Å². The van der Waals surface area contributed by atoms with Crippen LogP contribution in [-0.4, -0.2) is 13.1 Å². The van der Waals surface area contributed by atoms with E-state index in [1.165, 1.54) is 37.9 Å². The summed E-state index contributed by atoms with van der Waals surface area (Å²) in [6.07, 6.45) is 3.91. The smallest absolute Gasteiger partial charge is 0.0434 e. The zero-order chi connectivity index (χ0) is 8.84. The van der Waals surface area contributed by atoms with Crippen molar-refractivity contribution in [1.82, 2.24) is 0 Å². The van der Waals surface area contributed by atoms with E-state index >= 15 is 0 Å². The lowest BCUT2D eigenvalue weighted by Crippen LogP contribution is -2.26. The van der Waals surface area contributed by atoms with Gasteiger partial charge in [0.2, 0.25) is 0 Å². The van der Waals surface area contributed by atoms with E-state index in [9.17, 15) is 0 Å². The van der Waals surface area contributed by atoms with Crippen molar-refractivity contribution in [3.63, 3.8) is 0 Å². The molecule has 0 saturated heterocycles. The maximum Gasteiger partial charge on any atom is 0.0434 e. The zero-order valence-corrected chi connectivity index (χ0v) is 8.14. The summed E-state index contributed by atoms with van der Waals surface area (Å²) in [6.45, 7) is 4.78. The molecule has 0 fully saturated rings. The molecule has 1 heteroatoms. The summed E-state index contributed by atoms with van der Waals surface area (Å²) in [4.78, 5) is 2.57. The van der Waals surface area contributed by atoms with Gasteiger partial charge in [0.15, 0.2) is 0 Å². The van der Waals surface area contributed by atoms with E-state index in [2.05, 4.69) is 24.0 Å². The standard InChI is InChI=1S/C12H15N/c1-9-4-5-10-6-8-13-7-2-3-11(9)12(10)13/h4-5H,2-3,6-8H2,1H3. The molecule has 0 unspecified atom stereocenters. The van der Waals surface area contributed by atoms with Crippen LogP contribution in [0.25, 0.3) is 0 Å². The van der Waals surface area contributed by atoms with E-state index in [4.69, 9.17) is 0 Å². The van der Waals surface area contributed by atoms with Crippen molar-refractivity contribution in [2.75, 3.05) is 18.0 Å². The third kappa shape index (κ3) is 0.932. The summed E-state index contributed by atoms with van der Waals surface area (Å²) >= 11 is 0. The molecule has 0 aromatic heterocycles. The normalized spacial score (nSPS) is 19.0. The lowest BCUT2D eigenvalue weighted by atomic mass is 9.96. The summed E-state index contributed by atoms with van der Waals surface area (Å²) in [6, 6.07) is 4.61. The molecule has 0 saturated carbocycles. The Morgan fingerprint density at radius 1 is 1.15 bits per heavy atom. The largest absolute Gasteiger partial charge is 0.371 e. The van der Waals surface area contributed by atoms with Crippen molar-refractivity contribution in [3.05, 3.63) is 28.8 Å². The predicted octanol–water partition coefficient (Wildman–Crippen LogP) is 2.30. The van der Waals surface area contributed by atoms with Gasteiger partial charge in [-0.15, -0.1) is 0 Å². The first-order valence-electron chi connectivity index (χ1n) is 5.22. The summed E-state index contributed by atoms with van der Waals surface area (Å²) in [5.41, 5.74) is 6.29. The Balaban J connectivity index is 2.26. The lowest BCUT2D eigenvalue weighted by Gasteiger charge is -2.28. The number of hydrogen-bond donors (Lipinski definition) is 0. The van der Waals surface area contributed by atoms with E-state index in [0.29, 0.717) is 0 Å². The highest BCUT2D eigenvalue weighted by Crippen LogP contribution is 2.37. The van der Waals surface area contributed by atoms with Gasteiger partial charge in [0, 0.05) is 18.8 Å². The van der Waals surface area contributed by atoms with Crippen molar-refractivity contribution in [2.45, 2.75) is 26.2 Å². The monoisotopic (exact) mass is 173 g/mol. The first-order valence-corrected chi connectivity index (χ1v) is 5.22. The third-order valence-electron chi connectivity index (χ3n) is 3.42. The van der Waals surface area contributed by atoms with Gasteiger partial charge >= 0.3 is 0 Å². The summed E-state index contributed by atoms with van der Waals surface area (Å²) in [5, 5.41) is 0. The molecule has 3 rings (SSSR count). The van der Waals surface area contributed by atoms with E-state index in [-0.39, 0.29) is 0 Å². The van der Waals surface area contributed by atoms with Crippen LogP contribution in [-0.2, 0) is 12.8 Å². The van der Waals surface area contributed by atoms with Crippen LogP contribution in [0.1, 0.15) is 23.1 Å². The molecule has 2 aliphatic rings. The average molecular weight is 173 g/mol. The molecule has 1 aromatic carbocycles. The van der Waals surface area contributed by atoms with Crippen molar-refractivity contribution in [2.24, 2.45) is 0 Å². The maximum atomic E-state index is 2.57. The fourth-order valence-corrected chi connectivity index (χ4v) is 2.73. The van der Waals surface area contributed by atoms with Gasteiger partial charge in [-0.05, 0) is 42.9 Å². The highest BCUT2D eigenvalue weighted by atomic mass is 15.2. The van der Waals surface area contributed by atoms with Crippen LogP contribution in [0, 0.1) is 6.92 Å². The van der Waals surface area contributed by atoms with Gasteiger partial charge < -0.3 is 4.90 Å². The average Bonchev–Trinajstić information content (AvgIpc) is 2.57. The van der Waals surface area contributed by atoms with Gasteiger partial charge in [0.05, 0.1) is 0 Å². The van der Waals surface area contributed by atoms with Gasteiger partial charge in [-0.2, -0.15) is 0 Å². The Hall–Kier alpha value is -0.980. The second-order valence-corrected chi connectivity index (χ2v) is 4.21. The molecule has 1 nitrogen and oxygen atoms in total. The maximum absolute atomic E-state index is 2.57. The Bertz CT molecular complexity index is 354. The number of nitrogens with zero attached hydrogens (tertiary/aromatic N) is 1. The van der Waals surface area contributed by atoms with Crippen LogP contribution in [0.15, 0.2) is 12.1 Å². The first kappa shape index (κ1) is 7.43. The third-order valence-corrected chi connectivity index (χ3v) is 3.42. The molecule has 0 atom stereocenters. The Kier molecular flexibility index (Phi) is 1.43. The van der Waals surface area contributed by atoms with Crippen LogP contribution in [0.3, 0.4) is 0 Å². The molecule has 0 spiro atoms. The Labute approximate surface area is 79.4 Å². The fourth-order valence-electron chi connectivity index (χ4n) is 2.73. The van der Waals surface area contributed by atoms with Crippen molar-refractivity contribution in [1.29, 1.82) is 0 Å². The van der Waals surface area contributed by atoms with E-state index in [1.807, 2.05) is 0 Å². The molecule has 0 aliphatic carbocycles. The Morgan fingerprint density at radius 3 is 3.00 bits per heavy atom. The van der Waals surface area contributed by atoms with Crippen molar-refractivity contribution in [3.8, 4) is 0 Å². The highest BCUT2D eigenvalue weighted by molar-refractivity contribution is 5.66. The molecular formula is C12H15N. The van der Waals surface area contributed by atoms with Crippen LogP contribution in [0.2, 0.25) is 0 Å². The number of rotatable bonds is 0. The molecule has 0 radical (unpaired) electrons. The topological polar surface area (TPSA) is 3.24 Å². The van der Waals surface area contributed by atoms with Gasteiger partial charge in [-0.25, -0.2) is 0 Å². The lowest BCUT2D eigenvalue weighted by molar-refractivity contribution is 0.716. The minimum atomic E-state index is 1.26. The molecule has 13 heavy (non-hydrogen) atoms. The van der Waals surface area contributed by atoms with Gasteiger partial charge in [-0.3, -0.25) is 0 Å². The molecule has 0 N–H and O–H groups in total. The van der Waals surface area contributed by atoms with Gasteiger partial charge in [0.1, 0.15) is 0 Å². The van der Waals surface area contributed by atoms with Crippen LogP contribution >= 0.6 is 0 Å². The van der Waals surface area contributed by atoms with Crippen LogP contribution < -0.4 is 4.90 Å². The molecule has 0 amide bonds. The first-order chi connectivity index (χ1) is 6.36. The van der Waals surface area contributed by atoms with E-state index in [0.717, 1.165) is 0 Å². The quantitative estimate of drug-likeness (QED) is 0.582. The predicted molar refractivity (Wildman–Crippen MR) is 55.4 cm³/mol.